The van der Waals surface area contributed by atoms with Crippen LogP contribution >= 0.6 is 0 Å². The Bertz CT molecular complexity index is 680. The molecule has 23 heavy (non-hydrogen) atoms. The van der Waals surface area contributed by atoms with Gasteiger partial charge in [-0.05, 0) is 31.0 Å². The van der Waals surface area contributed by atoms with Crippen molar-refractivity contribution in [2.45, 2.75) is 26.8 Å². The number of hydrogen-bond donors (Lipinski definition) is 1. The van der Waals surface area contributed by atoms with Crippen molar-refractivity contribution in [1.29, 1.82) is 0 Å². The number of aromatic nitrogens is 2. The summed E-state index contributed by atoms with van der Waals surface area (Å²) in [5.41, 5.74) is 2.37. The van der Waals surface area contributed by atoms with Crippen molar-refractivity contribution >= 4 is 5.91 Å². The average Bonchev–Trinajstić information content (AvgIpc) is 2.90. The van der Waals surface area contributed by atoms with Gasteiger partial charge in [-0.2, -0.15) is 5.10 Å². The Labute approximate surface area is 136 Å². The molecule has 0 bridgehead atoms. The molecule has 1 aromatic heterocycles. The zero-order valence-electron chi connectivity index (χ0n) is 14.0. The van der Waals surface area contributed by atoms with Crippen molar-refractivity contribution in [3.63, 3.8) is 0 Å². The number of nitrogens with zero attached hydrogens (tertiary/aromatic N) is 2. The van der Waals surface area contributed by atoms with Crippen molar-refractivity contribution in [2.75, 3.05) is 13.7 Å². The second kappa shape index (κ2) is 7.67. The first-order valence-electron chi connectivity index (χ1n) is 7.63. The molecule has 0 saturated carbocycles. The van der Waals surface area contributed by atoms with Crippen LogP contribution in [0.3, 0.4) is 0 Å². The molecule has 2 aromatic rings. The molecule has 0 aliphatic carbocycles. The number of rotatable bonds is 7. The normalized spacial score (nSPS) is 10.4. The minimum Gasteiger partial charge on any atom is -0.493 e. The van der Waals surface area contributed by atoms with E-state index < -0.39 is 0 Å². The van der Waals surface area contributed by atoms with Crippen LogP contribution in [0.5, 0.6) is 11.5 Å². The first-order chi connectivity index (χ1) is 11.1. The van der Waals surface area contributed by atoms with E-state index in [1.54, 1.807) is 18.0 Å². The van der Waals surface area contributed by atoms with Gasteiger partial charge in [-0.15, -0.1) is 0 Å². The topological polar surface area (TPSA) is 65.4 Å². The molecule has 1 amide bonds. The van der Waals surface area contributed by atoms with Gasteiger partial charge in [0.25, 0.3) is 5.91 Å². The Morgan fingerprint density at radius 2 is 2.13 bits per heavy atom. The molecule has 0 atom stereocenters. The lowest BCUT2D eigenvalue weighted by Crippen LogP contribution is -2.23. The van der Waals surface area contributed by atoms with Gasteiger partial charge in [-0.3, -0.25) is 9.48 Å². The molecular weight excluding hydrogens is 294 g/mol. The van der Waals surface area contributed by atoms with E-state index in [2.05, 4.69) is 17.3 Å². The SMILES string of the molecule is CCCOc1ccc(CNC(=O)c2cnn(C)c2C)cc1OC. The van der Waals surface area contributed by atoms with E-state index in [4.69, 9.17) is 9.47 Å². The van der Waals surface area contributed by atoms with Crippen molar-refractivity contribution in [2.24, 2.45) is 7.05 Å². The molecule has 2 rings (SSSR count). The molecule has 6 nitrogen and oxygen atoms in total. The molecule has 0 radical (unpaired) electrons. The Kier molecular flexibility index (Phi) is 5.62. The second-order valence-corrected chi connectivity index (χ2v) is 5.28. The van der Waals surface area contributed by atoms with Crippen LogP contribution in [0, 0.1) is 6.92 Å². The van der Waals surface area contributed by atoms with Gasteiger partial charge >= 0.3 is 0 Å². The third-order valence-electron chi connectivity index (χ3n) is 3.62. The number of carbonyl (C=O) groups excluding carboxylic acids is 1. The number of hydrogen-bond acceptors (Lipinski definition) is 4. The van der Waals surface area contributed by atoms with E-state index in [-0.39, 0.29) is 5.91 Å². The molecule has 0 saturated heterocycles. The van der Waals surface area contributed by atoms with Gasteiger partial charge in [-0.1, -0.05) is 13.0 Å². The summed E-state index contributed by atoms with van der Waals surface area (Å²) in [6.07, 6.45) is 2.51. The summed E-state index contributed by atoms with van der Waals surface area (Å²) in [5, 5.41) is 6.97. The van der Waals surface area contributed by atoms with E-state index in [1.807, 2.05) is 32.2 Å². The minimum absolute atomic E-state index is 0.138. The van der Waals surface area contributed by atoms with Gasteiger partial charge < -0.3 is 14.8 Å². The molecule has 0 spiro atoms. The highest BCUT2D eigenvalue weighted by Crippen LogP contribution is 2.28. The Morgan fingerprint density at radius 3 is 2.74 bits per heavy atom. The average molecular weight is 317 g/mol. The highest BCUT2D eigenvalue weighted by atomic mass is 16.5. The Morgan fingerprint density at radius 1 is 1.35 bits per heavy atom. The van der Waals surface area contributed by atoms with Crippen LogP contribution in [0.4, 0.5) is 0 Å². The minimum atomic E-state index is -0.138. The smallest absolute Gasteiger partial charge is 0.255 e. The zero-order valence-corrected chi connectivity index (χ0v) is 14.0. The summed E-state index contributed by atoms with van der Waals surface area (Å²) in [5.74, 6) is 1.25. The summed E-state index contributed by atoms with van der Waals surface area (Å²) >= 11 is 0. The van der Waals surface area contributed by atoms with Crippen molar-refractivity contribution in [1.82, 2.24) is 15.1 Å². The summed E-state index contributed by atoms with van der Waals surface area (Å²) in [6.45, 7) is 4.98. The number of carbonyl (C=O) groups is 1. The molecule has 1 heterocycles. The van der Waals surface area contributed by atoms with E-state index in [1.165, 1.54) is 0 Å². The summed E-state index contributed by atoms with van der Waals surface area (Å²) in [6, 6.07) is 5.66. The quantitative estimate of drug-likeness (QED) is 0.852. The molecule has 0 unspecified atom stereocenters. The Hall–Kier alpha value is -2.50. The van der Waals surface area contributed by atoms with Crippen LogP contribution in [0.15, 0.2) is 24.4 Å². The summed E-state index contributed by atoms with van der Waals surface area (Å²) < 4.78 is 12.6. The number of amides is 1. The van der Waals surface area contributed by atoms with Crippen molar-refractivity contribution in [3.05, 3.63) is 41.2 Å². The molecule has 0 fully saturated rings. The van der Waals surface area contributed by atoms with Gasteiger partial charge in [-0.25, -0.2) is 0 Å². The zero-order chi connectivity index (χ0) is 16.8. The third-order valence-corrected chi connectivity index (χ3v) is 3.62. The number of nitrogens with one attached hydrogen (secondary N) is 1. The number of benzene rings is 1. The fourth-order valence-electron chi connectivity index (χ4n) is 2.15. The predicted molar refractivity (Wildman–Crippen MR) is 87.9 cm³/mol. The maximum Gasteiger partial charge on any atom is 0.255 e. The van der Waals surface area contributed by atoms with Crippen LogP contribution in [-0.2, 0) is 13.6 Å². The largest absolute Gasteiger partial charge is 0.493 e. The molecule has 0 aliphatic heterocycles. The van der Waals surface area contributed by atoms with Crippen LogP contribution in [0.25, 0.3) is 0 Å². The fraction of sp³-hybridized carbons (Fsp3) is 0.412. The second-order valence-electron chi connectivity index (χ2n) is 5.28. The molecule has 6 heteroatoms. The van der Waals surface area contributed by atoms with Crippen molar-refractivity contribution in [3.8, 4) is 11.5 Å². The lowest BCUT2D eigenvalue weighted by atomic mass is 10.2. The van der Waals surface area contributed by atoms with E-state index in [0.29, 0.717) is 30.2 Å². The van der Waals surface area contributed by atoms with E-state index in [9.17, 15) is 4.79 Å². The molecular formula is C17H23N3O3. The van der Waals surface area contributed by atoms with Gasteiger partial charge in [0.15, 0.2) is 11.5 Å². The van der Waals surface area contributed by atoms with Gasteiger partial charge in [0.1, 0.15) is 0 Å². The predicted octanol–water partition coefficient (Wildman–Crippen LogP) is 2.46. The lowest BCUT2D eigenvalue weighted by molar-refractivity contribution is 0.0950. The monoisotopic (exact) mass is 317 g/mol. The fourth-order valence-corrected chi connectivity index (χ4v) is 2.15. The van der Waals surface area contributed by atoms with Crippen LogP contribution in [-0.4, -0.2) is 29.4 Å². The molecule has 0 aliphatic rings. The molecule has 124 valence electrons. The number of methoxy groups -OCH3 is 1. The maximum atomic E-state index is 12.2. The van der Waals surface area contributed by atoms with Gasteiger partial charge in [0.2, 0.25) is 0 Å². The number of aryl methyl sites for hydroxylation is 1. The number of ether oxygens (including phenoxy) is 2. The maximum absolute atomic E-state index is 12.2. The molecule has 1 aromatic carbocycles. The standard InChI is InChI=1S/C17H23N3O3/c1-5-8-23-15-7-6-13(9-16(15)22-4)10-18-17(21)14-11-19-20(3)12(14)2/h6-7,9,11H,5,8,10H2,1-4H3,(H,18,21). The highest BCUT2D eigenvalue weighted by molar-refractivity contribution is 5.94. The van der Waals surface area contributed by atoms with E-state index >= 15 is 0 Å². The van der Waals surface area contributed by atoms with Gasteiger partial charge in [0, 0.05) is 19.3 Å². The van der Waals surface area contributed by atoms with Crippen LogP contribution in [0.1, 0.15) is 35.0 Å². The Balaban J connectivity index is 2.03. The summed E-state index contributed by atoms with van der Waals surface area (Å²) in [7, 11) is 3.42. The molecule has 1 N–H and O–H groups in total. The first-order valence-corrected chi connectivity index (χ1v) is 7.63. The first kappa shape index (κ1) is 16.9. The van der Waals surface area contributed by atoms with Crippen LogP contribution in [0.2, 0.25) is 0 Å². The summed E-state index contributed by atoms with van der Waals surface area (Å²) in [4.78, 5) is 12.2. The third kappa shape index (κ3) is 4.03. The van der Waals surface area contributed by atoms with Crippen LogP contribution < -0.4 is 14.8 Å². The van der Waals surface area contributed by atoms with Crippen molar-refractivity contribution < 1.29 is 14.3 Å². The highest BCUT2D eigenvalue weighted by Gasteiger charge is 2.13. The van der Waals surface area contributed by atoms with E-state index in [0.717, 1.165) is 17.7 Å². The lowest BCUT2D eigenvalue weighted by Gasteiger charge is -2.12. The van der Waals surface area contributed by atoms with Gasteiger partial charge in [0.05, 0.1) is 25.5 Å².